The maximum Gasteiger partial charge on any atom is 0.262 e. The van der Waals surface area contributed by atoms with Crippen molar-refractivity contribution in [3.05, 3.63) is 34.6 Å². The lowest BCUT2D eigenvalue weighted by Crippen LogP contribution is -2.34. The van der Waals surface area contributed by atoms with Crippen LogP contribution >= 0.6 is 11.8 Å². The van der Waals surface area contributed by atoms with Gasteiger partial charge < -0.3 is 5.32 Å². The zero-order valence-electron chi connectivity index (χ0n) is 15.5. The van der Waals surface area contributed by atoms with E-state index < -0.39 is 0 Å². The van der Waals surface area contributed by atoms with Gasteiger partial charge in [0.1, 0.15) is 0 Å². The number of nitrogens with one attached hydrogen (secondary N) is 1. The molecule has 6 heteroatoms. The second-order valence-corrected chi connectivity index (χ2v) is 8.01. The molecule has 5 nitrogen and oxygen atoms in total. The van der Waals surface area contributed by atoms with Gasteiger partial charge in [-0.25, -0.2) is 4.98 Å². The molecule has 26 heavy (non-hydrogen) atoms. The summed E-state index contributed by atoms with van der Waals surface area (Å²) in [6.45, 7) is 4.22. The largest absolute Gasteiger partial charge is 0.353 e. The van der Waals surface area contributed by atoms with Crippen LogP contribution in [-0.2, 0) is 4.79 Å². The number of unbranched alkanes of at least 4 members (excludes halogenated alkanes) is 2. The van der Waals surface area contributed by atoms with Crippen molar-refractivity contribution >= 4 is 28.6 Å². The van der Waals surface area contributed by atoms with Crippen molar-refractivity contribution in [1.29, 1.82) is 0 Å². The Morgan fingerprint density at radius 3 is 2.85 bits per heavy atom. The van der Waals surface area contributed by atoms with Gasteiger partial charge in [-0.3, -0.25) is 14.2 Å². The Morgan fingerprint density at radius 2 is 2.12 bits per heavy atom. The van der Waals surface area contributed by atoms with E-state index in [2.05, 4.69) is 17.2 Å². The average Bonchev–Trinajstić information content (AvgIpc) is 3.45. The number of rotatable bonds is 9. The smallest absolute Gasteiger partial charge is 0.262 e. The highest BCUT2D eigenvalue weighted by Gasteiger charge is 2.28. The monoisotopic (exact) mass is 373 g/mol. The predicted molar refractivity (Wildman–Crippen MR) is 107 cm³/mol. The summed E-state index contributed by atoms with van der Waals surface area (Å²) in [4.78, 5) is 29.7. The molecule has 1 heterocycles. The summed E-state index contributed by atoms with van der Waals surface area (Å²) in [7, 11) is 0. The van der Waals surface area contributed by atoms with Crippen LogP contribution in [0.1, 0.15) is 58.4 Å². The van der Waals surface area contributed by atoms with Crippen LogP contribution in [0.5, 0.6) is 0 Å². The molecule has 0 spiro atoms. The summed E-state index contributed by atoms with van der Waals surface area (Å²) in [6, 6.07) is 7.84. The van der Waals surface area contributed by atoms with E-state index in [1.54, 1.807) is 4.57 Å². The SMILES string of the molecule is CCCCC[C@@H](C)NC(=O)CSc1nc2ccccc2c(=O)n1C1CC1. The molecule has 1 N–H and O–H groups in total. The van der Waals surface area contributed by atoms with Crippen molar-refractivity contribution < 1.29 is 4.79 Å². The molecule has 1 saturated carbocycles. The fourth-order valence-electron chi connectivity index (χ4n) is 3.10. The number of hydrogen-bond donors (Lipinski definition) is 1. The molecule has 1 aliphatic rings. The van der Waals surface area contributed by atoms with Crippen molar-refractivity contribution in [3.8, 4) is 0 Å². The van der Waals surface area contributed by atoms with Gasteiger partial charge >= 0.3 is 0 Å². The van der Waals surface area contributed by atoms with Crippen LogP contribution in [-0.4, -0.2) is 27.3 Å². The predicted octanol–water partition coefficient (Wildman–Crippen LogP) is 3.91. The zero-order valence-corrected chi connectivity index (χ0v) is 16.3. The van der Waals surface area contributed by atoms with Gasteiger partial charge in [0.15, 0.2) is 5.16 Å². The number of thioether (sulfide) groups is 1. The Kier molecular flexibility index (Phi) is 6.35. The van der Waals surface area contributed by atoms with E-state index in [0.717, 1.165) is 25.7 Å². The third-order valence-corrected chi connectivity index (χ3v) is 5.62. The molecule has 1 aliphatic carbocycles. The Hall–Kier alpha value is -1.82. The highest BCUT2D eigenvalue weighted by Crippen LogP contribution is 2.36. The molecule has 1 aromatic carbocycles. The standard InChI is InChI=1S/C20H27N3O2S/c1-3-4-5-8-14(2)21-18(24)13-26-20-22-17-10-7-6-9-16(17)19(25)23(20)15-11-12-15/h6-7,9-10,14-15H,3-5,8,11-13H2,1-2H3,(H,21,24)/t14-/m1/s1. The van der Waals surface area contributed by atoms with E-state index in [4.69, 9.17) is 0 Å². The van der Waals surface area contributed by atoms with Gasteiger partial charge in [-0.1, -0.05) is 50.1 Å². The summed E-state index contributed by atoms with van der Waals surface area (Å²) >= 11 is 1.36. The van der Waals surface area contributed by atoms with Gasteiger partial charge in [-0.15, -0.1) is 0 Å². The zero-order chi connectivity index (χ0) is 18.5. The van der Waals surface area contributed by atoms with Crippen molar-refractivity contribution in [2.75, 3.05) is 5.75 Å². The number of amides is 1. The minimum Gasteiger partial charge on any atom is -0.353 e. The van der Waals surface area contributed by atoms with Gasteiger partial charge in [0.05, 0.1) is 16.7 Å². The molecular weight excluding hydrogens is 346 g/mol. The van der Waals surface area contributed by atoms with Gasteiger partial charge in [-0.2, -0.15) is 0 Å². The lowest BCUT2D eigenvalue weighted by molar-refractivity contribution is -0.119. The van der Waals surface area contributed by atoms with E-state index in [0.29, 0.717) is 16.1 Å². The van der Waals surface area contributed by atoms with E-state index in [1.165, 1.54) is 24.6 Å². The molecule has 140 valence electrons. The summed E-state index contributed by atoms with van der Waals surface area (Å²) in [5.74, 6) is 0.291. The lowest BCUT2D eigenvalue weighted by atomic mass is 10.1. The van der Waals surface area contributed by atoms with E-state index in [-0.39, 0.29) is 29.3 Å². The number of fused-ring (bicyclic) bond motifs is 1. The Balaban J connectivity index is 1.68. The maximum atomic E-state index is 12.8. The summed E-state index contributed by atoms with van der Waals surface area (Å²) in [5, 5.41) is 4.36. The number of nitrogens with zero attached hydrogens (tertiary/aromatic N) is 2. The summed E-state index contributed by atoms with van der Waals surface area (Å²) in [6.07, 6.45) is 6.54. The average molecular weight is 374 g/mol. The molecular formula is C20H27N3O2S. The normalized spacial score (nSPS) is 15.2. The molecule has 1 fully saturated rings. The fraction of sp³-hybridized carbons (Fsp3) is 0.550. The third kappa shape index (κ3) is 4.67. The van der Waals surface area contributed by atoms with E-state index in [9.17, 15) is 9.59 Å². The molecule has 0 unspecified atom stereocenters. The molecule has 0 saturated heterocycles. The summed E-state index contributed by atoms with van der Waals surface area (Å²) in [5.41, 5.74) is 0.708. The first kappa shape index (κ1) is 19.0. The second-order valence-electron chi connectivity index (χ2n) is 7.07. The number of hydrogen-bond acceptors (Lipinski definition) is 4. The number of benzene rings is 1. The fourth-order valence-corrected chi connectivity index (χ4v) is 3.98. The second kappa shape index (κ2) is 8.71. The topological polar surface area (TPSA) is 64.0 Å². The first-order valence-corrected chi connectivity index (χ1v) is 10.5. The number of carbonyl (C=O) groups excluding carboxylic acids is 1. The Labute approximate surface area is 158 Å². The van der Waals surface area contributed by atoms with Crippen LogP contribution in [0.4, 0.5) is 0 Å². The number of carbonyl (C=O) groups is 1. The third-order valence-electron chi connectivity index (χ3n) is 4.67. The van der Waals surface area contributed by atoms with Gasteiger partial charge in [-0.05, 0) is 38.3 Å². The van der Waals surface area contributed by atoms with Crippen LogP contribution in [0, 0.1) is 0 Å². The summed E-state index contributed by atoms with van der Waals surface area (Å²) < 4.78 is 1.78. The first-order chi connectivity index (χ1) is 12.6. The molecule has 0 radical (unpaired) electrons. The van der Waals surface area contributed by atoms with Gasteiger partial charge in [0, 0.05) is 12.1 Å². The van der Waals surface area contributed by atoms with E-state index in [1.807, 2.05) is 31.2 Å². The molecule has 1 amide bonds. The number of aromatic nitrogens is 2. The minimum absolute atomic E-state index is 0.00348. The molecule has 1 atom stereocenters. The van der Waals surface area contributed by atoms with Crippen molar-refractivity contribution in [1.82, 2.24) is 14.9 Å². The first-order valence-electron chi connectivity index (χ1n) is 9.53. The molecule has 3 rings (SSSR count). The van der Waals surface area contributed by atoms with Crippen molar-refractivity contribution in [2.45, 2.75) is 69.6 Å². The highest BCUT2D eigenvalue weighted by molar-refractivity contribution is 7.99. The Morgan fingerprint density at radius 1 is 1.35 bits per heavy atom. The van der Waals surface area contributed by atoms with Crippen molar-refractivity contribution in [3.63, 3.8) is 0 Å². The van der Waals surface area contributed by atoms with Crippen LogP contribution in [0.3, 0.4) is 0 Å². The van der Waals surface area contributed by atoms with Crippen LogP contribution in [0.15, 0.2) is 34.2 Å². The molecule has 1 aromatic heterocycles. The lowest BCUT2D eigenvalue weighted by Gasteiger charge is -2.15. The number of para-hydroxylation sites is 1. The van der Waals surface area contributed by atoms with Crippen LogP contribution in [0.2, 0.25) is 0 Å². The van der Waals surface area contributed by atoms with E-state index >= 15 is 0 Å². The van der Waals surface area contributed by atoms with Crippen molar-refractivity contribution in [2.24, 2.45) is 0 Å². The molecule has 2 aromatic rings. The minimum atomic E-state index is 0.00348. The Bertz CT molecular complexity index is 829. The highest BCUT2D eigenvalue weighted by atomic mass is 32.2. The molecule has 0 bridgehead atoms. The van der Waals surface area contributed by atoms with Gasteiger partial charge in [0.25, 0.3) is 5.56 Å². The van der Waals surface area contributed by atoms with Gasteiger partial charge in [0.2, 0.25) is 5.91 Å². The maximum absolute atomic E-state index is 12.8. The van der Waals surface area contributed by atoms with Crippen LogP contribution < -0.4 is 10.9 Å². The van der Waals surface area contributed by atoms with Crippen LogP contribution in [0.25, 0.3) is 10.9 Å². The quantitative estimate of drug-likeness (QED) is 0.411. The molecule has 0 aliphatic heterocycles.